The van der Waals surface area contributed by atoms with E-state index in [9.17, 15) is 19.7 Å². The SMILES string of the molecule is C=CCSCC(=O)NNC(=O)c1cccc([N+](=O)[O-])c1. The maximum atomic E-state index is 11.7. The molecule has 1 aromatic carbocycles. The molecule has 20 heavy (non-hydrogen) atoms. The number of nitro benzene ring substituents is 1. The number of carbonyl (C=O) groups excluding carboxylic acids is 2. The zero-order chi connectivity index (χ0) is 15.0. The summed E-state index contributed by atoms with van der Waals surface area (Å²) in [5, 5.41) is 10.6. The Bertz CT molecular complexity index is 533. The van der Waals surface area contributed by atoms with Gasteiger partial charge in [-0.1, -0.05) is 12.1 Å². The fourth-order valence-electron chi connectivity index (χ4n) is 1.23. The molecule has 0 radical (unpaired) electrons. The molecule has 0 aromatic heterocycles. The number of rotatable bonds is 6. The molecule has 0 heterocycles. The van der Waals surface area contributed by atoms with Crippen LogP contribution in [-0.2, 0) is 4.79 Å². The van der Waals surface area contributed by atoms with Crippen molar-refractivity contribution in [1.29, 1.82) is 0 Å². The van der Waals surface area contributed by atoms with Crippen LogP contribution in [0.25, 0.3) is 0 Å². The van der Waals surface area contributed by atoms with E-state index in [0.29, 0.717) is 5.75 Å². The Kier molecular flexibility index (Phi) is 6.24. The minimum Gasteiger partial charge on any atom is -0.272 e. The van der Waals surface area contributed by atoms with E-state index in [1.54, 1.807) is 6.08 Å². The van der Waals surface area contributed by atoms with Crippen molar-refractivity contribution in [1.82, 2.24) is 10.9 Å². The van der Waals surface area contributed by atoms with Crippen LogP contribution in [0.5, 0.6) is 0 Å². The normalized spacial score (nSPS) is 9.60. The van der Waals surface area contributed by atoms with Crippen LogP contribution in [0.4, 0.5) is 5.69 Å². The van der Waals surface area contributed by atoms with E-state index < -0.39 is 10.8 Å². The van der Waals surface area contributed by atoms with E-state index in [1.165, 1.54) is 30.0 Å². The molecule has 0 saturated heterocycles. The van der Waals surface area contributed by atoms with Crippen molar-refractivity contribution in [2.75, 3.05) is 11.5 Å². The van der Waals surface area contributed by atoms with Gasteiger partial charge in [-0.15, -0.1) is 18.3 Å². The average Bonchev–Trinajstić information content (AvgIpc) is 2.45. The number of hydrogen-bond acceptors (Lipinski definition) is 5. The topological polar surface area (TPSA) is 101 Å². The lowest BCUT2D eigenvalue weighted by Crippen LogP contribution is -2.42. The number of thioether (sulfide) groups is 1. The van der Waals surface area contributed by atoms with Gasteiger partial charge in [0, 0.05) is 23.4 Å². The largest absolute Gasteiger partial charge is 0.272 e. The highest BCUT2D eigenvalue weighted by atomic mass is 32.2. The Morgan fingerprint density at radius 1 is 1.40 bits per heavy atom. The predicted octanol–water partition coefficient (Wildman–Crippen LogP) is 1.27. The van der Waals surface area contributed by atoms with Gasteiger partial charge in [0.05, 0.1) is 10.7 Å². The third-order valence-corrected chi connectivity index (χ3v) is 3.04. The molecule has 2 amide bonds. The molecule has 0 fully saturated rings. The summed E-state index contributed by atoms with van der Waals surface area (Å²) in [5.74, 6) is -0.167. The molecule has 0 saturated carbocycles. The number of amides is 2. The number of hydrazine groups is 1. The zero-order valence-corrected chi connectivity index (χ0v) is 11.3. The van der Waals surface area contributed by atoms with Crippen LogP contribution in [0.15, 0.2) is 36.9 Å². The van der Waals surface area contributed by atoms with Crippen LogP contribution in [0, 0.1) is 10.1 Å². The Balaban J connectivity index is 2.50. The minimum absolute atomic E-state index is 0.0956. The number of nitrogens with zero attached hydrogens (tertiary/aromatic N) is 1. The molecule has 0 spiro atoms. The van der Waals surface area contributed by atoms with Gasteiger partial charge in [0.1, 0.15) is 0 Å². The van der Waals surface area contributed by atoms with Crippen LogP contribution in [0.1, 0.15) is 10.4 Å². The highest BCUT2D eigenvalue weighted by molar-refractivity contribution is 8.00. The molecule has 0 atom stereocenters. The van der Waals surface area contributed by atoms with Crippen LogP contribution >= 0.6 is 11.8 Å². The molecule has 0 unspecified atom stereocenters. The van der Waals surface area contributed by atoms with Crippen molar-refractivity contribution in [3.63, 3.8) is 0 Å². The van der Waals surface area contributed by atoms with E-state index in [0.717, 1.165) is 6.07 Å². The van der Waals surface area contributed by atoms with E-state index in [2.05, 4.69) is 17.4 Å². The second kappa shape index (κ2) is 7.95. The standard InChI is InChI=1S/C12H13N3O4S/c1-2-6-20-8-11(16)13-14-12(17)9-4-3-5-10(7-9)15(18)19/h2-5,7H,1,6,8H2,(H,13,16)(H,14,17). The Morgan fingerprint density at radius 3 is 2.80 bits per heavy atom. The summed E-state index contributed by atoms with van der Waals surface area (Å²) < 4.78 is 0. The van der Waals surface area contributed by atoms with Gasteiger partial charge >= 0.3 is 0 Å². The second-order valence-electron chi connectivity index (χ2n) is 3.61. The number of nitro groups is 1. The highest BCUT2D eigenvalue weighted by Gasteiger charge is 2.11. The Morgan fingerprint density at radius 2 is 2.15 bits per heavy atom. The monoisotopic (exact) mass is 295 g/mol. The van der Waals surface area contributed by atoms with Gasteiger partial charge in [0.25, 0.3) is 11.6 Å². The number of benzene rings is 1. The third-order valence-electron chi connectivity index (χ3n) is 2.10. The fourth-order valence-corrected chi connectivity index (χ4v) is 1.77. The summed E-state index contributed by atoms with van der Waals surface area (Å²) >= 11 is 1.34. The van der Waals surface area contributed by atoms with Crippen LogP contribution in [0.3, 0.4) is 0 Å². The summed E-state index contributed by atoms with van der Waals surface area (Å²) in [6.45, 7) is 3.52. The highest BCUT2D eigenvalue weighted by Crippen LogP contribution is 2.12. The third kappa shape index (κ3) is 5.11. The molecule has 8 heteroatoms. The quantitative estimate of drug-likeness (QED) is 0.356. The molecule has 0 aliphatic rings. The lowest BCUT2D eigenvalue weighted by Gasteiger charge is -2.06. The van der Waals surface area contributed by atoms with Gasteiger partial charge in [0.15, 0.2) is 0 Å². The number of hydrogen-bond donors (Lipinski definition) is 2. The molecule has 106 valence electrons. The summed E-state index contributed by atoms with van der Waals surface area (Å²) in [7, 11) is 0. The van der Waals surface area contributed by atoms with Crippen molar-refractivity contribution < 1.29 is 14.5 Å². The molecule has 2 N–H and O–H groups in total. The van der Waals surface area contributed by atoms with E-state index in [-0.39, 0.29) is 22.9 Å². The van der Waals surface area contributed by atoms with Gasteiger partial charge in [-0.25, -0.2) is 0 Å². The summed E-state index contributed by atoms with van der Waals surface area (Å²) in [6.07, 6.45) is 1.67. The molecule has 1 rings (SSSR count). The first-order chi connectivity index (χ1) is 9.54. The van der Waals surface area contributed by atoms with Gasteiger partial charge in [-0.3, -0.25) is 30.6 Å². The first-order valence-electron chi connectivity index (χ1n) is 5.57. The average molecular weight is 295 g/mol. The van der Waals surface area contributed by atoms with Crippen molar-refractivity contribution in [2.45, 2.75) is 0 Å². The van der Waals surface area contributed by atoms with Crippen molar-refractivity contribution in [3.05, 3.63) is 52.6 Å². The molecule has 0 aliphatic heterocycles. The Hall–Kier alpha value is -2.35. The molecular formula is C12H13N3O4S. The lowest BCUT2D eigenvalue weighted by molar-refractivity contribution is -0.384. The zero-order valence-electron chi connectivity index (χ0n) is 10.5. The van der Waals surface area contributed by atoms with Gasteiger partial charge in [-0.05, 0) is 6.07 Å². The number of carbonyl (C=O) groups is 2. The van der Waals surface area contributed by atoms with Gasteiger partial charge < -0.3 is 0 Å². The molecule has 1 aromatic rings. The fraction of sp³-hybridized carbons (Fsp3) is 0.167. The number of nitrogens with one attached hydrogen (secondary N) is 2. The number of non-ortho nitro benzene ring substituents is 1. The van der Waals surface area contributed by atoms with Crippen LogP contribution in [-0.4, -0.2) is 28.2 Å². The predicted molar refractivity (Wildman–Crippen MR) is 76.2 cm³/mol. The summed E-state index contributed by atoms with van der Waals surface area (Å²) in [6, 6.07) is 5.23. The minimum atomic E-state index is -0.615. The van der Waals surface area contributed by atoms with Crippen molar-refractivity contribution >= 4 is 29.3 Å². The maximum absolute atomic E-state index is 11.7. The Labute approximate surface area is 119 Å². The second-order valence-corrected chi connectivity index (χ2v) is 4.64. The molecule has 7 nitrogen and oxygen atoms in total. The molecular weight excluding hydrogens is 282 g/mol. The van der Waals surface area contributed by atoms with E-state index >= 15 is 0 Å². The van der Waals surface area contributed by atoms with Crippen LogP contribution < -0.4 is 10.9 Å². The first-order valence-corrected chi connectivity index (χ1v) is 6.72. The smallest absolute Gasteiger partial charge is 0.270 e. The van der Waals surface area contributed by atoms with Crippen molar-refractivity contribution in [2.24, 2.45) is 0 Å². The maximum Gasteiger partial charge on any atom is 0.270 e. The summed E-state index contributed by atoms with van der Waals surface area (Å²) in [5.41, 5.74) is 4.32. The van der Waals surface area contributed by atoms with Gasteiger partial charge in [0.2, 0.25) is 5.91 Å². The molecule has 0 aliphatic carbocycles. The van der Waals surface area contributed by atoms with Crippen LogP contribution in [0.2, 0.25) is 0 Å². The summed E-state index contributed by atoms with van der Waals surface area (Å²) in [4.78, 5) is 33.0. The van der Waals surface area contributed by atoms with E-state index in [4.69, 9.17) is 0 Å². The van der Waals surface area contributed by atoms with E-state index in [1.807, 2.05) is 0 Å². The first kappa shape index (κ1) is 15.7. The molecule has 0 bridgehead atoms. The van der Waals surface area contributed by atoms with Gasteiger partial charge in [-0.2, -0.15) is 0 Å². The van der Waals surface area contributed by atoms with Crippen molar-refractivity contribution in [3.8, 4) is 0 Å². The lowest BCUT2D eigenvalue weighted by atomic mass is 10.2.